The van der Waals surface area contributed by atoms with E-state index < -0.39 is 11.9 Å². The van der Waals surface area contributed by atoms with E-state index in [9.17, 15) is 9.59 Å². The van der Waals surface area contributed by atoms with Gasteiger partial charge in [0, 0.05) is 17.2 Å². The molecule has 0 bridgehead atoms. The number of hydrogen-bond donors (Lipinski definition) is 2. The van der Waals surface area contributed by atoms with Gasteiger partial charge in [-0.25, -0.2) is 4.79 Å². The molecule has 0 spiro atoms. The fourth-order valence-electron chi connectivity index (χ4n) is 0.973. The van der Waals surface area contributed by atoms with E-state index in [2.05, 4.69) is 5.32 Å². The second kappa shape index (κ2) is 5.91. The third-order valence-corrected chi connectivity index (χ3v) is 2.45. The summed E-state index contributed by atoms with van der Waals surface area (Å²) < 4.78 is 0. The molecular weight excluding hydrogens is 288 g/mol. The Morgan fingerprint density at radius 3 is 2.12 bits per heavy atom. The van der Waals surface area contributed by atoms with Gasteiger partial charge in [0.2, 0.25) is 5.91 Å². The Balaban J connectivity index is 2.89. The molecule has 7 heteroatoms. The highest BCUT2D eigenvalue weighted by molar-refractivity contribution is 6.42. The number of hydrogen-bond acceptors (Lipinski definition) is 2. The van der Waals surface area contributed by atoms with E-state index in [4.69, 9.17) is 39.9 Å². The molecule has 1 aromatic rings. The van der Waals surface area contributed by atoms with Crippen molar-refractivity contribution in [2.24, 2.45) is 0 Å². The third kappa shape index (κ3) is 4.26. The number of carbonyl (C=O) groups excluding carboxylic acids is 1. The average molecular weight is 295 g/mol. The minimum atomic E-state index is -1.23. The summed E-state index contributed by atoms with van der Waals surface area (Å²) >= 11 is 17.3. The quantitative estimate of drug-likeness (QED) is 0.841. The van der Waals surface area contributed by atoms with Gasteiger partial charge in [-0.05, 0) is 12.1 Å². The molecule has 0 aliphatic rings. The molecule has 0 heterocycles. The van der Waals surface area contributed by atoms with E-state index in [1.54, 1.807) is 0 Å². The molecule has 90 valence electrons. The maximum absolute atomic E-state index is 11.3. The van der Waals surface area contributed by atoms with Gasteiger partial charge in [0.05, 0.1) is 15.7 Å². The van der Waals surface area contributed by atoms with Crippen LogP contribution in [0.2, 0.25) is 15.1 Å². The van der Waals surface area contributed by atoms with Gasteiger partial charge in [-0.15, -0.1) is 0 Å². The number of benzene rings is 1. The molecule has 0 radical (unpaired) electrons. The number of nitrogens with one attached hydrogen (secondary N) is 1. The lowest BCUT2D eigenvalue weighted by molar-refractivity contribution is -0.131. The van der Waals surface area contributed by atoms with Crippen molar-refractivity contribution in [3.63, 3.8) is 0 Å². The topological polar surface area (TPSA) is 66.4 Å². The Morgan fingerprint density at radius 1 is 1.12 bits per heavy atom. The largest absolute Gasteiger partial charge is 0.478 e. The van der Waals surface area contributed by atoms with Gasteiger partial charge < -0.3 is 10.4 Å². The predicted molar refractivity (Wildman–Crippen MR) is 66.9 cm³/mol. The molecule has 0 aromatic heterocycles. The van der Waals surface area contributed by atoms with Crippen LogP contribution in [-0.2, 0) is 9.59 Å². The van der Waals surface area contributed by atoms with Crippen LogP contribution in [0, 0.1) is 0 Å². The van der Waals surface area contributed by atoms with Crippen molar-refractivity contribution in [3.05, 3.63) is 39.4 Å². The molecule has 1 aromatic carbocycles. The van der Waals surface area contributed by atoms with Gasteiger partial charge in [-0.3, -0.25) is 4.79 Å². The molecule has 0 saturated carbocycles. The lowest BCUT2D eigenvalue weighted by Gasteiger charge is -2.07. The van der Waals surface area contributed by atoms with Crippen molar-refractivity contribution in [1.82, 2.24) is 0 Å². The lowest BCUT2D eigenvalue weighted by atomic mass is 10.3. The number of halogens is 3. The molecular formula is C10H6Cl3NO3. The number of anilines is 1. The first-order chi connectivity index (χ1) is 7.90. The third-order valence-electron chi connectivity index (χ3n) is 1.63. The van der Waals surface area contributed by atoms with Gasteiger partial charge in [0.15, 0.2) is 0 Å². The van der Waals surface area contributed by atoms with Crippen LogP contribution in [0.3, 0.4) is 0 Å². The number of aliphatic carboxylic acids is 1. The Kier molecular flexibility index (Phi) is 4.81. The fourth-order valence-corrected chi connectivity index (χ4v) is 1.88. The molecule has 17 heavy (non-hydrogen) atoms. The van der Waals surface area contributed by atoms with Crippen molar-refractivity contribution in [3.8, 4) is 0 Å². The van der Waals surface area contributed by atoms with E-state index in [0.717, 1.165) is 6.08 Å². The first-order valence-corrected chi connectivity index (χ1v) is 5.40. The van der Waals surface area contributed by atoms with Gasteiger partial charge >= 0.3 is 5.97 Å². The van der Waals surface area contributed by atoms with Crippen LogP contribution in [0.5, 0.6) is 0 Å². The second-order valence-corrected chi connectivity index (χ2v) is 4.16. The maximum Gasteiger partial charge on any atom is 0.328 e. The van der Waals surface area contributed by atoms with Crippen LogP contribution in [0.1, 0.15) is 0 Å². The highest BCUT2D eigenvalue weighted by Gasteiger charge is 2.09. The summed E-state index contributed by atoms with van der Waals surface area (Å²) in [6, 6.07) is 2.82. The molecule has 1 rings (SSSR count). The van der Waals surface area contributed by atoms with Gasteiger partial charge in [-0.1, -0.05) is 34.8 Å². The number of carbonyl (C=O) groups is 2. The summed E-state index contributed by atoms with van der Waals surface area (Å²) in [5, 5.41) is 11.4. The minimum absolute atomic E-state index is 0.166. The number of carboxylic acid groups (broad SMARTS) is 1. The summed E-state index contributed by atoms with van der Waals surface area (Å²) in [4.78, 5) is 21.5. The highest BCUT2D eigenvalue weighted by Crippen LogP contribution is 2.33. The molecule has 0 aliphatic carbocycles. The summed E-state index contributed by atoms with van der Waals surface area (Å²) in [7, 11) is 0. The number of amides is 1. The minimum Gasteiger partial charge on any atom is -0.478 e. The van der Waals surface area contributed by atoms with Crippen molar-refractivity contribution in [1.29, 1.82) is 0 Å². The SMILES string of the molecule is O=C(O)C=CC(=O)Nc1c(Cl)cc(Cl)cc1Cl. The molecule has 1 amide bonds. The summed E-state index contributed by atoms with van der Waals surface area (Å²) in [6.45, 7) is 0. The van der Waals surface area contributed by atoms with E-state index >= 15 is 0 Å². The Morgan fingerprint density at radius 2 is 1.65 bits per heavy atom. The van der Waals surface area contributed by atoms with Crippen molar-refractivity contribution < 1.29 is 14.7 Å². The van der Waals surface area contributed by atoms with Crippen LogP contribution in [0.15, 0.2) is 24.3 Å². The molecule has 4 nitrogen and oxygen atoms in total. The molecule has 0 aliphatic heterocycles. The second-order valence-electron chi connectivity index (χ2n) is 2.91. The van der Waals surface area contributed by atoms with E-state index in [1.165, 1.54) is 12.1 Å². The molecule has 2 N–H and O–H groups in total. The van der Waals surface area contributed by atoms with Crippen molar-refractivity contribution in [2.45, 2.75) is 0 Å². The summed E-state index contributed by atoms with van der Waals surface area (Å²) in [5.41, 5.74) is 0.178. The Hall–Kier alpha value is -1.23. The maximum atomic E-state index is 11.3. The monoisotopic (exact) mass is 293 g/mol. The zero-order valence-corrected chi connectivity index (χ0v) is 10.5. The van der Waals surface area contributed by atoms with Gasteiger partial charge in [0.25, 0.3) is 0 Å². The van der Waals surface area contributed by atoms with Gasteiger partial charge in [-0.2, -0.15) is 0 Å². The van der Waals surface area contributed by atoms with Crippen molar-refractivity contribution >= 4 is 52.4 Å². The molecule has 0 saturated heterocycles. The van der Waals surface area contributed by atoms with Crippen molar-refractivity contribution in [2.75, 3.05) is 5.32 Å². The average Bonchev–Trinajstić information content (AvgIpc) is 2.20. The predicted octanol–water partition coefficient (Wildman–Crippen LogP) is 3.23. The zero-order valence-electron chi connectivity index (χ0n) is 8.21. The van der Waals surface area contributed by atoms with E-state index in [1.807, 2.05) is 0 Å². The van der Waals surface area contributed by atoms with E-state index in [-0.39, 0.29) is 15.7 Å². The van der Waals surface area contributed by atoms with E-state index in [0.29, 0.717) is 11.1 Å². The zero-order chi connectivity index (χ0) is 13.0. The smallest absolute Gasteiger partial charge is 0.328 e. The van der Waals surface area contributed by atoms with Gasteiger partial charge in [0.1, 0.15) is 0 Å². The first kappa shape index (κ1) is 13.8. The standard InChI is InChI=1S/C10H6Cl3NO3/c11-5-3-6(12)10(7(13)4-5)14-8(15)1-2-9(16)17/h1-4H,(H,14,15)(H,16,17). The molecule has 0 unspecified atom stereocenters. The highest BCUT2D eigenvalue weighted by atomic mass is 35.5. The first-order valence-electron chi connectivity index (χ1n) is 4.26. The number of rotatable bonds is 3. The normalized spacial score (nSPS) is 10.5. The van der Waals surface area contributed by atoms with Crippen LogP contribution in [-0.4, -0.2) is 17.0 Å². The molecule has 0 atom stereocenters. The van der Waals surface area contributed by atoms with Crippen LogP contribution in [0.4, 0.5) is 5.69 Å². The molecule has 0 fully saturated rings. The Bertz CT molecular complexity index is 477. The Labute approximate surface area is 112 Å². The van der Waals surface area contributed by atoms with Crippen LogP contribution in [0.25, 0.3) is 0 Å². The fraction of sp³-hybridized carbons (Fsp3) is 0. The lowest BCUT2D eigenvalue weighted by Crippen LogP contribution is -2.09. The van der Waals surface area contributed by atoms with Crippen LogP contribution >= 0.6 is 34.8 Å². The summed E-state index contributed by atoms with van der Waals surface area (Å²) in [5.74, 6) is -1.88. The number of carboxylic acids is 1. The summed E-state index contributed by atoms with van der Waals surface area (Å²) in [6.07, 6.45) is 1.55. The van der Waals surface area contributed by atoms with Crippen LogP contribution < -0.4 is 5.32 Å².